The number of aromatic hydroxyl groups is 1. The van der Waals surface area contributed by atoms with Crippen molar-refractivity contribution in [3.05, 3.63) is 131 Å². The second-order valence-electron chi connectivity index (χ2n) is 12.7. The molecule has 49 heavy (non-hydrogen) atoms. The first kappa shape index (κ1) is 32.5. The number of carbonyl (C=O) groups excluding carboxylic acids is 2. The van der Waals surface area contributed by atoms with Crippen molar-refractivity contribution in [3.63, 3.8) is 0 Å². The summed E-state index contributed by atoms with van der Waals surface area (Å²) in [5.74, 6) is -2.63. The van der Waals surface area contributed by atoms with Gasteiger partial charge in [-0.15, -0.1) is 0 Å². The number of nitrogens with zero attached hydrogens (tertiary/aromatic N) is 1. The monoisotopic (exact) mass is 659 g/mol. The molecule has 0 unspecified atom stereocenters. The summed E-state index contributed by atoms with van der Waals surface area (Å²) in [5, 5.41) is 29.2. The molecule has 4 aromatic carbocycles. The summed E-state index contributed by atoms with van der Waals surface area (Å²) in [4.78, 5) is 29.2. The lowest BCUT2D eigenvalue weighted by Crippen LogP contribution is -2.36. The molecule has 1 aliphatic carbocycles. The number of ether oxygens (including phenoxy) is 2. The van der Waals surface area contributed by atoms with Gasteiger partial charge >= 0.3 is 7.12 Å². The van der Waals surface area contributed by atoms with Gasteiger partial charge in [0.2, 0.25) is 11.8 Å². The van der Waals surface area contributed by atoms with Gasteiger partial charge in [0.15, 0.2) is 11.6 Å². The Labute approximate surface area is 283 Å². The number of allylic oxidation sites excluding steroid dienone is 1. The lowest BCUT2D eigenvalue weighted by atomic mass is 9.69. The van der Waals surface area contributed by atoms with Crippen molar-refractivity contribution in [3.8, 4) is 11.5 Å². The van der Waals surface area contributed by atoms with E-state index in [1.807, 2.05) is 66.7 Å². The number of fused-ring (bicyclic) bond motifs is 3. The van der Waals surface area contributed by atoms with Crippen LogP contribution in [-0.4, -0.2) is 53.4 Å². The molecule has 2 amide bonds. The first-order valence-corrected chi connectivity index (χ1v) is 16.4. The second kappa shape index (κ2) is 13.8. The third-order valence-electron chi connectivity index (χ3n) is 9.72. The number of anilines is 1. The number of imide groups is 1. The molecular weight excluding hydrogens is 624 g/mol. The minimum absolute atomic E-state index is 0.185. The third kappa shape index (κ3) is 6.55. The van der Waals surface area contributed by atoms with Crippen molar-refractivity contribution in [1.29, 1.82) is 0 Å². The van der Waals surface area contributed by atoms with Gasteiger partial charge in [-0.3, -0.25) is 14.5 Å². The average Bonchev–Trinajstić information content (AvgIpc) is 3.65. The Bertz CT molecular complexity index is 1930. The second-order valence-corrected chi connectivity index (χ2v) is 12.7. The van der Waals surface area contributed by atoms with Gasteiger partial charge in [0.05, 0.1) is 30.2 Å². The first-order chi connectivity index (χ1) is 23.8. The maximum absolute atomic E-state index is 14.3. The molecule has 2 fully saturated rings. The van der Waals surface area contributed by atoms with E-state index in [-0.39, 0.29) is 42.5 Å². The lowest BCUT2D eigenvalue weighted by molar-refractivity contribution is -0.122. The van der Waals surface area contributed by atoms with E-state index in [0.717, 1.165) is 22.3 Å². The molecule has 2 saturated heterocycles. The van der Waals surface area contributed by atoms with E-state index >= 15 is 0 Å². The molecule has 4 aromatic rings. The molecule has 0 aromatic heterocycles. The van der Waals surface area contributed by atoms with Crippen LogP contribution in [0.5, 0.6) is 11.5 Å². The SMILES string of the molecule is O=C1[C@@H]2[C@@H](CC(COc3ccccc3)=C3[C@@H](CC/C(=C/c4ccc(O)c(F)c4)c4ccccc4)OC[C@@H]32)C(=O)N1c1cccc(B(O)O)c1. The Balaban J connectivity index is 1.20. The number of hydrogen-bond donors (Lipinski definition) is 3. The smallest absolute Gasteiger partial charge is 0.488 e. The van der Waals surface area contributed by atoms with Gasteiger partial charge in [-0.25, -0.2) is 4.39 Å². The standard InChI is InChI=1S/C39H35BFNO7/c41-33-19-24(14-16-34(33)43)18-26(25-8-3-1-4-9-25)15-17-35-36-27(22-48-30-12-5-2-6-13-30)20-31-37(32(36)23-49-35)39(45)42(38(31)44)29-11-7-10-28(21-29)40(46)47/h1-14,16,18-19,21,31-32,35,37,43,46-47H,15,17,20,22-23H2/b26-18-/t31-,32+,35-,37-/m1/s1. The summed E-state index contributed by atoms with van der Waals surface area (Å²) in [6, 6.07) is 29.7. The Morgan fingerprint density at radius 1 is 0.918 bits per heavy atom. The van der Waals surface area contributed by atoms with Crippen LogP contribution < -0.4 is 15.1 Å². The van der Waals surface area contributed by atoms with Crippen molar-refractivity contribution in [1.82, 2.24) is 0 Å². The molecule has 0 bridgehead atoms. The quantitative estimate of drug-likeness (QED) is 0.0936. The molecule has 2 heterocycles. The predicted molar refractivity (Wildman–Crippen MR) is 184 cm³/mol. The van der Waals surface area contributed by atoms with Crippen LogP contribution in [0.15, 0.2) is 114 Å². The number of halogens is 1. The number of phenolic OH excluding ortho intramolecular Hbond substituents is 1. The van der Waals surface area contributed by atoms with Crippen molar-refractivity contribution >= 4 is 41.7 Å². The van der Waals surface area contributed by atoms with Crippen molar-refractivity contribution in [2.24, 2.45) is 17.8 Å². The first-order valence-electron chi connectivity index (χ1n) is 16.4. The van der Waals surface area contributed by atoms with E-state index in [4.69, 9.17) is 9.47 Å². The Hall–Kier alpha value is -5.03. The van der Waals surface area contributed by atoms with E-state index < -0.39 is 30.5 Å². The largest absolute Gasteiger partial charge is 0.505 e. The van der Waals surface area contributed by atoms with Crippen LogP contribution in [0.1, 0.15) is 30.4 Å². The summed E-state index contributed by atoms with van der Waals surface area (Å²) in [6.07, 6.45) is 3.05. The molecule has 248 valence electrons. The van der Waals surface area contributed by atoms with Crippen LogP contribution in [0.25, 0.3) is 11.6 Å². The topological polar surface area (TPSA) is 117 Å². The minimum atomic E-state index is -1.74. The lowest BCUT2D eigenvalue weighted by Gasteiger charge is -2.31. The van der Waals surface area contributed by atoms with Gasteiger partial charge in [-0.1, -0.05) is 72.8 Å². The van der Waals surface area contributed by atoms with Crippen molar-refractivity contribution in [2.45, 2.75) is 25.4 Å². The van der Waals surface area contributed by atoms with Crippen LogP contribution >= 0.6 is 0 Å². The molecule has 8 nitrogen and oxygen atoms in total. The normalized spacial score (nSPS) is 21.9. The molecule has 0 radical (unpaired) electrons. The van der Waals surface area contributed by atoms with Crippen LogP contribution in [0, 0.1) is 23.6 Å². The van der Waals surface area contributed by atoms with Crippen LogP contribution in [0.2, 0.25) is 0 Å². The van der Waals surface area contributed by atoms with Gasteiger partial charge in [0, 0.05) is 5.92 Å². The zero-order valence-electron chi connectivity index (χ0n) is 26.6. The molecule has 0 saturated carbocycles. The number of para-hydroxylation sites is 1. The Morgan fingerprint density at radius 3 is 2.41 bits per heavy atom. The third-order valence-corrected chi connectivity index (χ3v) is 9.72. The van der Waals surface area contributed by atoms with Gasteiger partial charge in [0.25, 0.3) is 0 Å². The Kier molecular flexibility index (Phi) is 9.18. The fourth-order valence-corrected chi connectivity index (χ4v) is 7.42. The molecule has 7 rings (SSSR count). The fraction of sp³-hybridized carbons (Fsp3) is 0.231. The highest BCUT2D eigenvalue weighted by molar-refractivity contribution is 6.58. The fourth-order valence-electron chi connectivity index (χ4n) is 7.42. The highest BCUT2D eigenvalue weighted by Gasteiger charge is 2.57. The van der Waals surface area contributed by atoms with Gasteiger partial charge in [-0.2, -0.15) is 0 Å². The van der Waals surface area contributed by atoms with Gasteiger partial charge in [0.1, 0.15) is 12.4 Å². The molecule has 10 heteroatoms. The number of hydrogen-bond acceptors (Lipinski definition) is 7. The molecule has 4 atom stereocenters. The van der Waals surface area contributed by atoms with Gasteiger partial charge in [-0.05, 0) is 89.0 Å². The highest BCUT2D eigenvalue weighted by Crippen LogP contribution is 2.50. The molecular formula is C39H35BFNO7. The van der Waals surface area contributed by atoms with Crippen LogP contribution in [-0.2, 0) is 14.3 Å². The van der Waals surface area contributed by atoms with Gasteiger partial charge < -0.3 is 24.6 Å². The summed E-state index contributed by atoms with van der Waals surface area (Å²) in [5.41, 5.74) is 4.96. The number of rotatable bonds is 10. The summed E-state index contributed by atoms with van der Waals surface area (Å²) >= 11 is 0. The zero-order chi connectivity index (χ0) is 34.1. The van der Waals surface area contributed by atoms with E-state index in [1.165, 1.54) is 29.2 Å². The van der Waals surface area contributed by atoms with E-state index in [9.17, 15) is 29.1 Å². The van der Waals surface area contributed by atoms with Crippen molar-refractivity contribution in [2.75, 3.05) is 18.1 Å². The van der Waals surface area contributed by atoms with Crippen molar-refractivity contribution < 1.29 is 38.6 Å². The molecule has 2 aliphatic heterocycles. The zero-order valence-corrected chi connectivity index (χ0v) is 26.6. The average molecular weight is 660 g/mol. The number of phenols is 1. The highest BCUT2D eigenvalue weighted by atomic mass is 19.1. The Morgan fingerprint density at radius 2 is 1.67 bits per heavy atom. The molecule has 3 N–H and O–H groups in total. The number of carbonyl (C=O) groups is 2. The predicted octanol–water partition coefficient (Wildman–Crippen LogP) is 5.13. The molecule has 3 aliphatic rings. The van der Waals surface area contributed by atoms with E-state index in [2.05, 4.69) is 0 Å². The summed E-state index contributed by atoms with van der Waals surface area (Å²) in [7, 11) is -1.74. The van der Waals surface area contributed by atoms with Crippen LogP contribution in [0.4, 0.5) is 10.1 Å². The summed E-state index contributed by atoms with van der Waals surface area (Å²) in [6.45, 7) is 0.507. The summed E-state index contributed by atoms with van der Waals surface area (Å²) < 4.78 is 26.9. The van der Waals surface area contributed by atoms with E-state index in [0.29, 0.717) is 36.3 Å². The molecule has 0 spiro atoms. The maximum Gasteiger partial charge on any atom is 0.488 e. The van der Waals surface area contributed by atoms with E-state index in [1.54, 1.807) is 18.2 Å². The minimum Gasteiger partial charge on any atom is -0.505 e. The number of amides is 2. The van der Waals surface area contributed by atoms with Crippen LogP contribution in [0.3, 0.4) is 0 Å². The maximum atomic E-state index is 14.3. The number of benzene rings is 4.